The topological polar surface area (TPSA) is 25.8 Å². The first-order valence-electron chi connectivity index (χ1n) is 6.03. The van der Waals surface area contributed by atoms with Crippen molar-refractivity contribution in [3.05, 3.63) is 72.9 Å². The average Bonchev–Trinajstić information content (AvgIpc) is 2.49. The summed E-state index contributed by atoms with van der Waals surface area (Å²) in [6.45, 7) is 0. The van der Waals surface area contributed by atoms with E-state index >= 15 is 0 Å². The lowest BCUT2D eigenvalue weighted by molar-refractivity contribution is 1.06. The number of benzene rings is 2. The SMILES string of the molecule is c1ccc(Sc2ccnc(-c3ccccc3)n2)cc1. The van der Waals surface area contributed by atoms with Gasteiger partial charge in [-0.3, -0.25) is 0 Å². The van der Waals surface area contributed by atoms with Crippen molar-refractivity contribution in [2.45, 2.75) is 9.92 Å². The molecule has 0 aliphatic rings. The maximum Gasteiger partial charge on any atom is 0.160 e. The molecule has 0 spiro atoms. The second-order valence-electron chi connectivity index (χ2n) is 4.00. The van der Waals surface area contributed by atoms with Crippen molar-refractivity contribution >= 4 is 11.8 Å². The largest absolute Gasteiger partial charge is 0.237 e. The normalized spacial score (nSPS) is 10.3. The van der Waals surface area contributed by atoms with E-state index in [0.717, 1.165) is 16.4 Å². The molecule has 0 saturated carbocycles. The molecule has 0 radical (unpaired) electrons. The maximum absolute atomic E-state index is 4.59. The van der Waals surface area contributed by atoms with E-state index in [0.29, 0.717) is 0 Å². The van der Waals surface area contributed by atoms with Crippen LogP contribution in [0, 0.1) is 0 Å². The molecule has 0 saturated heterocycles. The second kappa shape index (κ2) is 5.67. The summed E-state index contributed by atoms with van der Waals surface area (Å²) in [7, 11) is 0. The Morgan fingerprint density at radius 2 is 1.42 bits per heavy atom. The maximum atomic E-state index is 4.59. The van der Waals surface area contributed by atoms with Gasteiger partial charge in [-0.25, -0.2) is 9.97 Å². The van der Waals surface area contributed by atoms with E-state index in [2.05, 4.69) is 22.1 Å². The molecule has 0 amide bonds. The van der Waals surface area contributed by atoms with Gasteiger partial charge >= 0.3 is 0 Å². The molecule has 0 N–H and O–H groups in total. The van der Waals surface area contributed by atoms with Crippen LogP contribution in [0.25, 0.3) is 11.4 Å². The molecular weight excluding hydrogens is 252 g/mol. The highest BCUT2D eigenvalue weighted by molar-refractivity contribution is 7.99. The van der Waals surface area contributed by atoms with E-state index < -0.39 is 0 Å². The first kappa shape index (κ1) is 11.9. The third-order valence-electron chi connectivity index (χ3n) is 2.63. The van der Waals surface area contributed by atoms with E-state index in [9.17, 15) is 0 Å². The predicted octanol–water partition coefficient (Wildman–Crippen LogP) is 4.29. The van der Waals surface area contributed by atoms with Crippen LogP contribution in [0.5, 0.6) is 0 Å². The third-order valence-corrected chi connectivity index (χ3v) is 3.57. The Labute approximate surface area is 116 Å². The fourth-order valence-corrected chi connectivity index (χ4v) is 2.53. The lowest BCUT2D eigenvalue weighted by Crippen LogP contribution is -1.89. The second-order valence-corrected chi connectivity index (χ2v) is 5.09. The van der Waals surface area contributed by atoms with Crippen LogP contribution in [-0.2, 0) is 0 Å². The summed E-state index contributed by atoms with van der Waals surface area (Å²) >= 11 is 1.65. The summed E-state index contributed by atoms with van der Waals surface area (Å²) < 4.78 is 0. The standard InChI is InChI=1S/C16H12N2S/c1-3-7-13(8-4-1)16-17-12-11-15(18-16)19-14-9-5-2-6-10-14/h1-12H. The summed E-state index contributed by atoms with van der Waals surface area (Å²) in [4.78, 5) is 10.1. The first-order valence-corrected chi connectivity index (χ1v) is 6.85. The molecule has 0 aliphatic heterocycles. The van der Waals surface area contributed by atoms with E-state index in [1.165, 1.54) is 4.90 Å². The average molecular weight is 264 g/mol. The Kier molecular flexibility index (Phi) is 3.56. The van der Waals surface area contributed by atoms with Crippen molar-refractivity contribution in [1.82, 2.24) is 9.97 Å². The molecule has 92 valence electrons. The summed E-state index contributed by atoms with van der Waals surface area (Å²) in [5.74, 6) is 0.765. The van der Waals surface area contributed by atoms with E-state index in [4.69, 9.17) is 0 Å². The van der Waals surface area contributed by atoms with Crippen LogP contribution in [0.1, 0.15) is 0 Å². The van der Waals surface area contributed by atoms with Gasteiger partial charge in [0.15, 0.2) is 5.82 Å². The molecule has 1 aromatic heterocycles. The monoisotopic (exact) mass is 264 g/mol. The van der Waals surface area contributed by atoms with Crippen LogP contribution < -0.4 is 0 Å². The quantitative estimate of drug-likeness (QED) is 0.660. The summed E-state index contributed by atoms with van der Waals surface area (Å²) in [5.41, 5.74) is 1.04. The van der Waals surface area contributed by atoms with Gasteiger partial charge in [-0.05, 0) is 18.2 Å². The summed E-state index contributed by atoms with van der Waals surface area (Å²) in [5, 5.41) is 0.958. The van der Waals surface area contributed by atoms with Gasteiger partial charge in [-0.1, -0.05) is 60.3 Å². The molecule has 0 aliphatic carbocycles. The number of nitrogens with zero attached hydrogens (tertiary/aromatic N) is 2. The van der Waals surface area contributed by atoms with Crippen molar-refractivity contribution in [2.75, 3.05) is 0 Å². The van der Waals surface area contributed by atoms with E-state index in [1.54, 1.807) is 18.0 Å². The van der Waals surface area contributed by atoms with Gasteiger partial charge in [0.2, 0.25) is 0 Å². The van der Waals surface area contributed by atoms with Crippen molar-refractivity contribution in [3.8, 4) is 11.4 Å². The molecule has 2 nitrogen and oxygen atoms in total. The highest BCUT2D eigenvalue weighted by Crippen LogP contribution is 2.26. The van der Waals surface area contributed by atoms with Gasteiger partial charge in [0.1, 0.15) is 5.03 Å². The number of rotatable bonds is 3. The number of hydrogen-bond donors (Lipinski definition) is 0. The Balaban J connectivity index is 1.89. The van der Waals surface area contributed by atoms with Crippen molar-refractivity contribution in [2.24, 2.45) is 0 Å². The number of aromatic nitrogens is 2. The van der Waals surface area contributed by atoms with Gasteiger partial charge in [0.05, 0.1) is 0 Å². The van der Waals surface area contributed by atoms with Crippen LogP contribution in [0.4, 0.5) is 0 Å². The Bertz CT molecular complexity index is 654. The fourth-order valence-electron chi connectivity index (χ4n) is 1.73. The highest BCUT2D eigenvalue weighted by Gasteiger charge is 2.03. The zero-order valence-electron chi connectivity index (χ0n) is 10.2. The van der Waals surface area contributed by atoms with Crippen molar-refractivity contribution < 1.29 is 0 Å². The molecule has 0 bridgehead atoms. The minimum absolute atomic E-state index is 0.765. The van der Waals surface area contributed by atoms with Crippen LogP contribution in [0.3, 0.4) is 0 Å². The third kappa shape index (κ3) is 3.01. The Morgan fingerprint density at radius 1 is 0.737 bits per heavy atom. The minimum atomic E-state index is 0.765. The lowest BCUT2D eigenvalue weighted by Gasteiger charge is -2.03. The number of hydrogen-bond acceptors (Lipinski definition) is 3. The molecule has 3 aromatic rings. The van der Waals surface area contributed by atoms with Gasteiger partial charge in [0.25, 0.3) is 0 Å². The van der Waals surface area contributed by atoms with Gasteiger partial charge in [-0.15, -0.1) is 0 Å². The smallest absolute Gasteiger partial charge is 0.160 e. The van der Waals surface area contributed by atoms with Crippen LogP contribution in [-0.4, -0.2) is 9.97 Å². The Hall–Kier alpha value is -2.13. The molecular formula is C16H12N2S. The van der Waals surface area contributed by atoms with Gasteiger partial charge in [-0.2, -0.15) is 0 Å². The molecule has 3 heteroatoms. The van der Waals surface area contributed by atoms with Crippen LogP contribution in [0.2, 0.25) is 0 Å². The van der Waals surface area contributed by atoms with Crippen LogP contribution in [0.15, 0.2) is 82.8 Å². The molecule has 0 unspecified atom stereocenters. The van der Waals surface area contributed by atoms with E-state index in [-0.39, 0.29) is 0 Å². The molecule has 1 heterocycles. The van der Waals surface area contributed by atoms with Gasteiger partial charge in [0, 0.05) is 16.7 Å². The van der Waals surface area contributed by atoms with Crippen molar-refractivity contribution in [3.63, 3.8) is 0 Å². The fraction of sp³-hybridized carbons (Fsp3) is 0. The molecule has 3 rings (SSSR count). The lowest BCUT2D eigenvalue weighted by atomic mass is 10.2. The van der Waals surface area contributed by atoms with Gasteiger partial charge < -0.3 is 0 Å². The van der Waals surface area contributed by atoms with Crippen molar-refractivity contribution in [1.29, 1.82) is 0 Å². The predicted molar refractivity (Wildman–Crippen MR) is 78.0 cm³/mol. The molecule has 19 heavy (non-hydrogen) atoms. The summed E-state index contributed by atoms with van der Waals surface area (Å²) in [6.07, 6.45) is 1.81. The molecule has 0 fully saturated rings. The molecule has 2 aromatic carbocycles. The summed E-state index contributed by atoms with van der Waals surface area (Å²) in [6, 6.07) is 22.2. The molecule has 0 atom stereocenters. The highest BCUT2D eigenvalue weighted by atomic mass is 32.2. The van der Waals surface area contributed by atoms with E-state index in [1.807, 2.05) is 54.6 Å². The first-order chi connectivity index (χ1) is 9.42. The Morgan fingerprint density at radius 3 is 2.16 bits per heavy atom. The zero-order chi connectivity index (χ0) is 12.9. The zero-order valence-corrected chi connectivity index (χ0v) is 11.0. The van der Waals surface area contributed by atoms with Crippen LogP contribution >= 0.6 is 11.8 Å². The minimum Gasteiger partial charge on any atom is -0.237 e.